The van der Waals surface area contributed by atoms with Gasteiger partial charge in [0.1, 0.15) is 23.4 Å². The molecule has 2 aliphatic heterocycles. The van der Waals surface area contributed by atoms with Crippen LogP contribution in [0.3, 0.4) is 0 Å². The van der Waals surface area contributed by atoms with Crippen LogP contribution in [0.15, 0.2) is 36.4 Å². The van der Waals surface area contributed by atoms with E-state index in [9.17, 15) is 14.6 Å². The van der Waals surface area contributed by atoms with Gasteiger partial charge in [0.05, 0.1) is 33.0 Å². The molecule has 3 aromatic carbocycles. The first kappa shape index (κ1) is 23.5. The zero-order valence-corrected chi connectivity index (χ0v) is 20.2. The summed E-state index contributed by atoms with van der Waals surface area (Å²) in [5.74, 6) is 0.452. The van der Waals surface area contributed by atoms with E-state index in [1.165, 1.54) is 12.1 Å². The van der Waals surface area contributed by atoms with Gasteiger partial charge in [-0.25, -0.2) is 4.39 Å². The Bertz CT molecular complexity index is 1270. The van der Waals surface area contributed by atoms with Crippen LogP contribution in [-0.2, 0) is 28.9 Å². The summed E-state index contributed by atoms with van der Waals surface area (Å²) < 4.78 is 37.2. The number of rotatable bonds is 4. The van der Waals surface area contributed by atoms with Gasteiger partial charge in [-0.2, -0.15) is 0 Å². The van der Waals surface area contributed by atoms with Gasteiger partial charge in [-0.15, -0.1) is 0 Å². The molecule has 0 spiro atoms. The summed E-state index contributed by atoms with van der Waals surface area (Å²) in [4.78, 5) is 0. The molecule has 0 aliphatic carbocycles. The van der Waals surface area contributed by atoms with Crippen molar-refractivity contribution in [3.63, 3.8) is 0 Å². The van der Waals surface area contributed by atoms with E-state index in [1.54, 1.807) is 32.4 Å². The topological polar surface area (TPSA) is 77.4 Å². The molecule has 2 heterocycles. The van der Waals surface area contributed by atoms with Crippen LogP contribution in [0.4, 0.5) is 4.39 Å². The fourth-order valence-electron chi connectivity index (χ4n) is 5.28. The molecule has 0 saturated heterocycles. The molecule has 35 heavy (non-hydrogen) atoms. The highest BCUT2D eigenvalue weighted by molar-refractivity contribution is 5.83. The van der Waals surface area contributed by atoms with Crippen LogP contribution in [0.25, 0.3) is 11.1 Å². The van der Waals surface area contributed by atoms with E-state index >= 15 is 0 Å². The Morgan fingerprint density at radius 2 is 1.57 bits per heavy atom. The largest absolute Gasteiger partial charge is 0.504 e. The molecule has 184 valence electrons. The third kappa shape index (κ3) is 3.98. The molecule has 0 radical (unpaired) electrons. The number of aromatic hydroxyl groups is 2. The molecule has 6 nitrogen and oxygen atoms in total. The van der Waals surface area contributed by atoms with E-state index in [1.807, 2.05) is 19.9 Å². The average Bonchev–Trinajstić information content (AvgIpc) is 2.85. The van der Waals surface area contributed by atoms with Crippen LogP contribution in [0.2, 0.25) is 0 Å². The van der Waals surface area contributed by atoms with Crippen molar-refractivity contribution >= 4 is 0 Å². The molecule has 7 heteroatoms. The molecule has 3 atom stereocenters. The lowest BCUT2D eigenvalue weighted by atomic mass is 9.81. The maximum atomic E-state index is 13.6. The maximum absolute atomic E-state index is 13.6. The Kier molecular flexibility index (Phi) is 6.07. The van der Waals surface area contributed by atoms with Crippen LogP contribution >= 0.6 is 0 Å². The van der Waals surface area contributed by atoms with E-state index in [-0.39, 0.29) is 29.5 Å². The highest BCUT2D eigenvalue weighted by atomic mass is 19.1. The number of hydrogen-bond acceptors (Lipinski definition) is 6. The fraction of sp³-hybridized carbons (Fsp3) is 0.357. The first-order valence-corrected chi connectivity index (χ1v) is 11.7. The molecule has 0 saturated carbocycles. The normalized spacial score (nSPS) is 21.2. The number of benzene rings is 3. The Morgan fingerprint density at radius 1 is 0.886 bits per heavy atom. The summed E-state index contributed by atoms with van der Waals surface area (Å²) in [5, 5.41) is 21.9. The van der Waals surface area contributed by atoms with E-state index in [0.717, 1.165) is 27.8 Å². The molecule has 0 fully saturated rings. The van der Waals surface area contributed by atoms with Crippen LogP contribution < -0.4 is 9.47 Å². The van der Waals surface area contributed by atoms with Gasteiger partial charge in [0.25, 0.3) is 0 Å². The van der Waals surface area contributed by atoms with E-state index in [2.05, 4.69) is 0 Å². The summed E-state index contributed by atoms with van der Waals surface area (Å²) in [6, 6.07) is 9.44. The smallest absolute Gasteiger partial charge is 0.164 e. The minimum atomic E-state index is -0.664. The van der Waals surface area contributed by atoms with Crippen molar-refractivity contribution in [2.45, 2.75) is 51.6 Å². The number of phenolic OH excluding ortho intramolecular Hbond substituents is 2. The highest BCUT2D eigenvalue weighted by Gasteiger charge is 2.35. The molecule has 2 aliphatic rings. The zero-order chi connectivity index (χ0) is 24.9. The van der Waals surface area contributed by atoms with Crippen LogP contribution in [-0.4, -0.2) is 36.6 Å². The number of fused-ring (bicyclic) bond motifs is 2. The van der Waals surface area contributed by atoms with Gasteiger partial charge in [0.15, 0.2) is 11.5 Å². The Morgan fingerprint density at radius 3 is 2.26 bits per heavy atom. The summed E-state index contributed by atoms with van der Waals surface area (Å²) in [6.07, 6.45) is 0.313. The van der Waals surface area contributed by atoms with Crippen molar-refractivity contribution < 1.29 is 33.6 Å². The molecule has 3 aromatic rings. The summed E-state index contributed by atoms with van der Waals surface area (Å²) in [6.45, 7) is 4.38. The SMILES string of the molecule is COc1cc(OC)c(-c2cc(O)c(O)c3c2CC(C)OC3c2ccc(F)cc2)c2c1CO[C@@H](C)C2. The zero-order valence-electron chi connectivity index (χ0n) is 20.2. The lowest BCUT2D eigenvalue weighted by molar-refractivity contribution is 0.00585. The van der Waals surface area contributed by atoms with Crippen molar-refractivity contribution in [3.05, 3.63) is 70.0 Å². The number of phenols is 2. The van der Waals surface area contributed by atoms with Gasteiger partial charge in [-0.3, -0.25) is 0 Å². The molecule has 2 N–H and O–H groups in total. The average molecular weight is 481 g/mol. The highest BCUT2D eigenvalue weighted by Crippen LogP contribution is 2.52. The van der Waals surface area contributed by atoms with E-state index < -0.39 is 6.10 Å². The molecule has 0 amide bonds. The predicted octanol–water partition coefficient (Wildman–Crippen LogP) is 5.43. The fourth-order valence-corrected chi connectivity index (χ4v) is 5.28. The van der Waals surface area contributed by atoms with Gasteiger partial charge in [-0.1, -0.05) is 12.1 Å². The number of ether oxygens (including phenoxy) is 4. The van der Waals surface area contributed by atoms with Gasteiger partial charge in [0.2, 0.25) is 0 Å². The maximum Gasteiger partial charge on any atom is 0.164 e. The second-order valence-electron chi connectivity index (χ2n) is 9.21. The molecule has 2 unspecified atom stereocenters. The van der Waals surface area contributed by atoms with Gasteiger partial charge >= 0.3 is 0 Å². The second kappa shape index (κ2) is 9.06. The molecule has 0 aromatic heterocycles. The van der Waals surface area contributed by atoms with Gasteiger partial charge < -0.3 is 29.2 Å². The van der Waals surface area contributed by atoms with Crippen molar-refractivity contribution in [2.24, 2.45) is 0 Å². The van der Waals surface area contributed by atoms with Crippen molar-refractivity contribution in [3.8, 4) is 34.1 Å². The predicted molar refractivity (Wildman–Crippen MR) is 129 cm³/mol. The minimum absolute atomic E-state index is 0.00572. The van der Waals surface area contributed by atoms with Crippen molar-refractivity contribution in [1.29, 1.82) is 0 Å². The van der Waals surface area contributed by atoms with E-state index in [4.69, 9.17) is 18.9 Å². The first-order valence-electron chi connectivity index (χ1n) is 11.7. The number of methoxy groups -OCH3 is 2. The Hall–Kier alpha value is -3.29. The number of hydrogen-bond donors (Lipinski definition) is 2. The molecule has 0 bridgehead atoms. The summed E-state index contributed by atoms with van der Waals surface area (Å²) in [7, 11) is 3.22. The third-order valence-electron chi connectivity index (χ3n) is 6.91. The number of halogens is 1. The Labute approximate surface area is 203 Å². The van der Waals surface area contributed by atoms with Crippen LogP contribution in [0, 0.1) is 5.82 Å². The van der Waals surface area contributed by atoms with Gasteiger partial charge in [-0.05, 0) is 67.1 Å². The van der Waals surface area contributed by atoms with Crippen LogP contribution in [0.1, 0.15) is 47.8 Å². The van der Waals surface area contributed by atoms with Gasteiger partial charge in [0, 0.05) is 22.8 Å². The lowest BCUT2D eigenvalue weighted by Gasteiger charge is -2.34. The monoisotopic (exact) mass is 480 g/mol. The second-order valence-corrected chi connectivity index (χ2v) is 9.21. The van der Waals surface area contributed by atoms with Crippen molar-refractivity contribution in [1.82, 2.24) is 0 Å². The quantitative estimate of drug-likeness (QED) is 0.485. The summed E-state index contributed by atoms with van der Waals surface area (Å²) in [5.41, 5.74) is 5.62. The van der Waals surface area contributed by atoms with E-state index in [0.29, 0.717) is 42.1 Å². The Balaban J connectivity index is 1.80. The third-order valence-corrected chi connectivity index (χ3v) is 6.91. The minimum Gasteiger partial charge on any atom is -0.504 e. The molecular weight excluding hydrogens is 451 g/mol. The standard InChI is InChI=1S/C28H29FO6/c1-14-9-19-21(13-34-14)23(32-3)12-24(33-4)25(19)20-11-22(30)27(31)26-18(20)10-15(2)35-28(26)16-5-7-17(29)8-6-16/h5-8,11-12,14-15,28,30-31H,9-10,13H2,1-4H3/t14-,15?,28?/m0/s1. The molecule has 5 rings (SSSR count). The molecular formula is C28H29FO6. The first-order chi connectivity index (χ1) is 16.8. The lowest BCUT2D eigenvalue weighted by Crippen LogP contribution is -2.26. The van der Waals surface area contributed by atoms with Crippen molar-refractivity contribution in [2.75, 3.05) is 14.2 Å². The van der Waals surface area contributed by atoms with Crippen LogP contribution in [0.5, 0.6) is 23.0 Å². The summed E-state index contributed by atoms with van der Waals surface area (Å²) >= 11 is 0.